The quantitative estimate of drug-likeness (QED) is 0.590. The van der Waals surface area contributed by atoms with Gasteiger partial charge in [-0.2, -0.15) is 4.31 Å². The van der Waals surface area contributed by atoms with Gasteiger partial charge in [0.1, 0.15) is 16.7 Å². The summed E-state index contributed by atoms with van der Waals surface area (Å²) in [5.74, 6) is 7.12. The first-order chi connectivity index (χ1) is 16.3. The molecular formula is C26H40N2O5S. The zero-order chi connectivity index (χ0) is 24.7. The highest BCUT2D eigenvalue weighted by Gasteiger charge is 2.38. The van der Waals surface area contributed by atoms with E-state index in [2.05, 4.69) is 30.7 Å². The van der Waals surface area contributed by atoms with Gasteiger partial charge in [-0.15, -0.1) is 0 Å². The predicted molar refractivity (Wildman–Crippen MR) is 133 cm³/mol. The van der Waals surface area contributed by atoms with Gasteiger partial charge in [0, 0.05) is 56.8 Å². The van der Waals surface area contributed by atoms with Gasteiger partial charge in [-0.1, -0.05) is 25.7 Å². The molecule has 2 aliphatic heterocycles. The smallest absolute Gasteiger partial charge is 0.247 e. The normalized spacial score (nSPS) is 24.3. The van der Waals surface area contributed by atoms with Crippen molar-refractivity contribution in [2.45, 2.75) is 63.5 Å². The van der Waals surface area contributed by atoms with Crippen LogP contribution in [0.5, 0.6) is 5.75 Å². The SMILES string of the molecule is CCCC#Cc1ccc2c(c1)O[C@H](CN(C)CC1CCOCC1)[C@@H](C)CN([C@@H](C)CO)S2(=O)=O. The molecule has 2 aliphatic rings. The number of rotatable bonds is 7. The molecule has 2 heterocycles. The summed E-state index contributed by atoms with van der Waals surface area (Å²) < 4.78 is 40.5. The molecule has 190 valence electrons. The molecule has 1 N–H and O–H groups in total. The summed E-state index contributed by atoms with van der Waals surface area (Å²) in [5.41, 5.74) is 0.742. The highest BCUT2D eigenvalue weighted by molar-refractivity contribution is 7.89. The molecule has 8 heteroatoms. The average molecular weight is 493 g/mol. The largest absolute Gasteiger partial charge is 0.487 e. The van der Waals surface area contributed by atoms with Crippen LogP contribution >= 0.6 is 0 Å². The molecule has 3 atom stereocenters. The van der Waals surface area contributed by atoms with Gasteiger partial charge in [-0.3, -0.25) is 0 Å². The first-order valence-corrected chi connectivity index (χ1v) is 13.9. The summed E-state index contributed by atoms with van der Waals surface area (Å²) >= 11 is 0. The van der Waals surface area contributed by atoms with Crippen molar-refractivity contribution in [2.75, 3.05) is 46.5 Å². The van der Waals surface area contributed by atoms with Crippen molar-refractivity contribution in [1.29, 1.82) is 0 Å². The average Bonchev–Trinajstić information content (AvgIpc) is 2.81. The zero-order valence-electron chi connectivity index (χ0n) is 21.0. The van der Waals surface area contributed by atoms with E-state index in [9.17, 15) is 13.5 Å². The minimum Gasteiger partial charge on any atom is -0.487 e. The molecule has 0 bridgehead atoms. The highest BCUT2D eigenvalue weighted by Crippen LogP contribution is 2.34. The molecule has 34 heavy (non-hydrogen) atoms. The second-order valence-corrected chi connectivity index (χ2v) is 11.6. The first-order valence-electron chi connectivity index (χ1n) is 12.4. The third-order valence-corrected chi connectivity index (χ3v) is 8.70. The lowest BCUT2D eigenvalue weighted by Crippen LogP contribution is -2.50. The molecule has 1 fully saturated rings. The van der Waals surface area contributed by atoms with E-state index in [1.165, 1.54) is 4.31 Å². The zero-order valence-corrected chi connectivity index (χ0v) is 21.8. The van der Waals surface area contributed by atoms with Crippen LogP contribution in [-0.4, -0.2) is 81.4 Å². The molecule has 0 amide bonds. The van der Waals surface area contributed by atoms with Crippen LogP contribution in [0.25, 0.3) is 0 Å². The van der Waals surface area contributed by atoms with Gasteiger partial charge in [0.25, 0.3) is 0 Å². The molecule has 0 unspecified atom stereocenters. The number of nitrogens with zero attached hydrogens (tertiary/aromatic N) is 2. The van der Waals surface area contributed by atoms with Crippen LogP contribution in [0, 0.1) is 23.7 Å². The fraction of sp³-hybridized carbons (Fsp3) is 0.692. The van der Waals surface area contributed by atoms with E-state index in [4.69, 9.17) is 9.47 Å². The Bertz CT molecular complexity index is 965. The van der Waals surface area contributed by atoms with Crippen molar-refractivity contribution in [2.24, 2.45) is 11.8 Å². The van der Waals surface area contributed by atoms with Gasteiger partial charge in [-0.25, -0.2) is 8.42 Å². The number of hydrogen-bond acceptors (Lipinski definition) is 6. The van der Waals surface area contributed by atoms with Crippen molar-refractivity contribution in [3.8, 4) is 17.6 Å². The lowest BCUT2D eigenvalue weighted by Gasteiger charge is -2.38. The van der Waals surface area contributed by atoms with E-state index in [1.54, 1.807) is 25.1 Å². The molecule has 3 rings (SSSR count). The molecule has 0 spiro atoms. The Morgan fingerprint density at radius 3 is 2.68 bits per heavy atom. The Kier molecular flexibility index (Phi) is 9.81. The van der Waals surface area contributed by atoms with Crippen molar-refractivity contribution in [3.05, 3.63) is 23.8 Å². The molecule has 0 aliphatic carbocycles. The number of likely N-dealkylation sites (N-methyl/N-ethyl adjacent to an activating group) is 1. The lowest BCUT2D eigenvalue weighted by molar-refractivity contribution is 0.0402. The number of fused-ring (bicyclic) bond motifs is 1. The Labute approximate surface area is 205 Å². The van der Waals surface area contributed by atoms with Crippen LogP contribution in [0.4, 0.5) is 0 Å². The third kappa shape index (κ3) is 6.73. The number of sulfonamides is 1. The van der Waals surface area contributed by atoms with E-state index in [0.29, 0.717) is 18.2 Å². The van der Waals surface area contributed by atoms with Crippen molar-refractivity contribution in [1.82, 2.24) is 9.21 Å². The summed E-state index contributed by atoms with van der Waals surface area (Å²) in [6, 6.07) is 4.56. The van der Waals surface area contributed by atoms with Crippen LogP contribution < -0.4 is 4.74 Å². The summed E-state index contributed by atoms with van der Waals surface area (Å²) in [7, 11) is -1.73. The molecule has 7 nitrogen and oxygen atoms in total. The number of unbranched alkanes of at least 4 members (excludes halogenated alkanes) is 1. The van der Waals surface area contributed by atoms with Crippen molar-refractivity contribution < 1.29 is 23.0 Å². The number of benzene rings is 1. The third-order valence-electron chi connectivity index (χ3n) is 6.68. The van der Waals surface area contributed by atoms with E-state index in [0.717, 1.165) is 51.0 Å². The van der Waals surface area contributed by atoms with Gasteiger partial charge < -0.3 is 19.5 Å². The molecular weight excluding hydrogens is 452 g/mol. The maximum Gasteiger partial charge on any atom is 0.247 e. The molecule has 0 aromatic heterocycles. The number of aliphatic hydroxyl groups is 1. The van der Waals surface area contributed by atoms with E-state index < -0.39 is 16.1 Å². The number of ether oxygens (including phenoxy) is 2. The van der Waals surface area contributed by atoms with Gasteiger partial charge in [0.05, 0.1) is 6.61 Å². The second kappa shape index (κ2) is 12.4. The van der Waals surface area contributed by atoms with Crippen LogP contribution in [0.3, 0.4) is 0 Å². The maximum atomic E-state index is 13.6. The van der Waals surface area contributed by atoms with Crippen LogP contribution in [0.1, 0.15) is 52.0 Å². The van der Waals surface area contributed by atoms with E-state index in [1.807, 2.05) is 6.92 Å². The van der Waals surface area contributed by atoms with E-state index in [-0.39, 0.29) is 30.1 Å². The van der Waals surface area contributed by atoms with Gasteiger partial charge in [-0.05, 0) is 57.4 Å². The highest BCUT2D eigenvalue weighted by atomic mass is 32.2. The molecule has 0 radical (unpaired) electrons. The fourth-order valence-corrected chi connectivity index (χ4v) is 6.39. The molecule has 0 saturated carbocycles. The summed E-state index contributed by atoms with van der Waals surface area (Å²) in [4.78, 5) is 2.43. The predicted octanol–water partition coefficient (Wildman–Crippen LogP) is 2.97. The van der Waals surface area contributed by atoms with Gasteiger partial charge in [0.2, 0.25) is 10.0 Å². The Hall–Kier alpha value is -1.63. The van der Waals surface area contributed by atoms with Crippen molar-refractivity contribution in [3.63, 3.8) is 0 Å². The minimum atomic E-state index is -3.83. The number of hydrogen-bond donors (Lipinski definition) is 1. The molecule has 1 aromatic carbocycles. The lowest BCUT2D eigenvalue weighted by atomic mass is 9.98. The summed E-state index contributed by atoms with van der Waals surface area (Å²) in [6.45, 7) is 9.16. The summed E-state index contributed by atoms with van der Waals surface area (Å²) in [6.07, 6.45) is 3.68. The Balaban J connectivity index is 1.92. The van der Waals surface area contributed by atoms with Crippen LogP contribution in [-0.2, 0) is 14.8 Å². The monoisotopic (exact) mass is 492 g/mol. The molecule has 1 saturated heterocycles. The first kappa shape index (κ1) is 27.0. The standard InChI is InChI=1S/C26H40N2O5S/c1-5-6-7-8-22-9-10-26-24(15-22)33-25(18-27(4)17-23-11-13-32-14-12-23)20(2)16-28(21(3)19-29)34(26,30)31/h9-10,15,20-21,23,25,29H,5-6,11-14,16-19H2,1-4H3/t20-,21-,25+/m0/s1. The van der Waals surface area contributed by atoms with Gasteiger partial charge in [0.15, 0.2) is 0 Å². The van der Waals surface area contributed by atoms with E-state index >= 15 is 0 Å². The minimum absolute atomic E-state index is 0.0658. The fourth-order valence-electron chi connectivity index (χ4n) is 4.56. The van der Waals surface area contributed by atoms with Crippen LogP contribution in [0.15, 0.2) is 23.1 Å². The molecule has 1 aromatic rings. The van der Waals surface area contributed by atoms with Gasteiger partial charge >= 0.3 is 0 Å². The van der Waals surface area contributed by atoms with Crippen LogP contribution in [0.2, 0.25) is 0 Å². The second-order valence-electron chi connectivity index (χ2n) is 9.73. The Morgan fingerprint density at radius 1 is 1.26 bits per heavy atom. The Morgan fingerprint density at radius 2 is 2.00 bits per heavy atom. The topological polar surface area (TPSA) is 79.3 Å². The maximum absolute atomic E-state index is 13.6. The summed E-state index contributed by atoms with van der Waals surface area (Å²) in [5, 5.41) is 9.80. The number of aliphatic hydroxyl groups excluding tert-OH is 1. The van der Waals surface area contributed by atoms with Crippen molar-refractivity contribution >= 4 is 10.0 Å².